The van der Waals surface area contributed by atoms with E-state index < -0.39 is 0 Å². The van der Waals surface area contributed by atoms with Crippen LogP contribution in [0.15, 0.2) is 12.1 Å². The van der Waals surface area contributed by atoms with Crippen LogP contribution >= 0.6 is 0 Å². The van der Waals surface area contributed by atoms with E-state index in [0.29, 0.717) is 5.75 Å². The molecule has 0 aromatic heterocycles. The smallest absolute Gasteiger partial charge is 0.124 e. The molecule has 18 heavy (non-hydrogen) atoms. The number of aromatic hydroxyl groups is 1. The van der Waals surface area contributed by atoms with Gasteiger partial charge >= 0.3 is 0 Å². The molecule has 0 aliphatic heterocycles. The fourth-order valence-electron chi connectivity index (χ4n) is 2.76. The highest BCUT2D eigenvalue weighted by atomic mass is 16.3. The van der Waals surface area contributed by atoms with Crippen LogP contribution in [0.1, 0.15) is 36.5 Å². The van der Waals surface area contributed by atoms with Gasteiger partial charge in [-0.2, -0.15) is 0 Å². The number of benzene rings is 1. The first-order chi connectivity index (χ1) is 8.38. The summed E-state index contributed by atoms with van der Waals surface area (Å²) >= 11 is 0. The van der Waals surface area contributed by atoms with E-state index in [9.17, 15) is 5.11 Å². The van der Waals surface area contributed by atoms with Crippen LogP contribution in [-0.2, 0) is 12.0 Å². The summed E-state index contributed by atoms with van der Waals surface area (Å²) < 4.78 is 0. The van der Waals surface area contributed by atoms with E-state index in [1.807, 2.05) is 27.9 Å². The molecule has 1 unspecified atom stereocenters. The predicted octanol–water partition coefficient (Wildman–Crippen LogP) is 2.14. The van der Waals surface area contributed by atoms with Crippen LogP contribution in [0.5, 0.6) is 5.75 Å². The Labute approximate surface area is 110 Å². The van der Waals surface area contributed by atoms with Gasteiger partial charge in [-0.1, -0.05) is 12.1 Å². The second-order valence-corrected chi connectivity index (χ2v) is 5.94. The Kier molecular flexibility index (Phi) is 3.39. The molecule has 0 bridgehead atoms. The van der Waals surface area contributed by atoms with Gasteiger partial charge in [-0.25, -0.2) is 0 Å². The van der Waals surface area contributed by atoms with Crippen LogP contribution in [-0.4, -0.2) is 30.1 Å². The lowest BCUT2D eigenvalue weighted by Gasteiger charge is -2.24. The summed E-state index contributed by atoms with van der Waals surface area (Å²) in [7, 11) is 4.04. The number of phenols is 1. The maximum Gasteiger partial charge on any atom is 0.124 e. The molecule has 1 aromatic carbocycles. The first kappa shape index (κ1) is 13.4. The fourth-order valence-corrected chi connectivity index (χ4v) is 2.76. The van der Waals surface area contributed by atoms with Crippen LogP contribution in [0.4, 0.5) is 0 Å². The molecular formula is C15H24N2O. The fraction of sp³-hybridized carbons (Fsp3) is 0.600. The Morgan fingerprint density at radius 3 is 2.44 bits per heavy atom. The van der Waals surface area contributed by atoms with Crippen LogP contribution in [0.3, 0.4) is 0 Å². The number of nitrogens with two attached hydrogens (primary N) is 1. The second kappa shape index (κ2) is 4.56. The van der Waals surface area contributed by atoms with Crippen molar-refractivity contribution in [1.29, 1.82) is 0 Å². The minimum Gasteiger partial charge on any atom is -0.507 e. The number of nitrogens with zero attached hydrogens (tertiary/aromatic N) is 1. The van der Waals surface area contributed by atoms with Gasteiger partial charge in [0.1, 0.15) is 5.75 Å². The second-order valence-electron chi connectivity index (χ2n) is 5.94. The van der Waals surface area contributed by atoms with Crippen molar-refractivity contribution in [3.8, 4) is 5.75 Å². The quantitative estimate of drug-likeness (QED) is 0.858. The molecule has 0 amide bonds. The normalized spacial score (nSPS) is 19.0. The molecule has 1 aromatic rings. The summed E-state index contributed by atoms with van der Waals surface area (Å²) in [6, 6.07) is 4.26. The van der Waals surface area contributed by atoms with E-state index in [1.165, 1.54) is 0 Å². The molecule has 1 saturated carbocycles. The molecular weight excluding hydrogens is 224 g/mol. The highest BCUT2D eigenvalue weighted by Crippen LogP contribution is 2.53. The van der Waals surface area contributed by atoms with Crippen molar-refractivity contribution in [3.05, 3.63) is 28.8 Å². The minimum atomic E-state index is 0.0127. The Hall–Kier alpha value is -1.06. The topological polar surface area (TPSA) is 49.5 Å². The molecule has 100 valence electrons. The van der Waals surface area contributed by atoms with Gasteiger partial charge in [0.05, 0.1) is 0 Å². The third-order valence-corrected chi connectivity index (χ3v) is 4.19. The van der Waals surface area contributed by atoms with E-state index in [-0.39, 0.29) is 11.5 Å². The molecule has 3 nitrogen and oxygen atoms in total. The van der Waals surface area contributed by atoms with Gasteiger partial charge in [0, 0.05) is 29.1 Å². The largest absolute Gasteiger partial charge is 0.507 e. The molecule has 1 fully saturated rings. The van der Waals surface area contributed by atoms with E-state index in [4.69, 9.17) is 5.73 Å². The van der Waals surface area contributed by atoms with Gasteiger partial charge in [0.15, 0.2) is 0 Å². The lowest BCUT2D eigenvalue weighted by atomic mass is 9.86. The maximum absolute atomic E-state index is 10.6. The van der Waals surface area contributed by atoms with Crippen molar-refractivity contribution in [3.63, 3.8) is 0 Å². The number of aryl methyl sites for hydroxylation is 1. The first-order valence-corrected chi connectivity index (χ1v) is 6.60. The summed E-state index contributed by atoms with van der Waals surface area (Å²) in [5, 5.41) is 10.6. The Balaban J connectivity index is 2.45. The van der Waals surface area contributed by atoms with Crippen LogP contribution in [0, 0.1) is 6.92 Å². The lowest BCUT2D eigenvalue weighted by Crippen LogP contribution is -2.31. The molecule has 0 radical (unpaired) electrons. The van der Waals surface area contributed by atoms with Crippen LogP contribution in [0.25, 0.3) is 0 Å². The zero-order valence-corrected chi connectivity index (χ0v) is 11.8. The summed E-state index contributed by atoms with van der Waals surface area (Å²) in [4.78, 5) is 2.08. The zero-order chi connectivity index (χ0) is 13.5. The maximum atomic E-state index is 10.6. The van der Waals surface area contributed by atoms with Gasteiger partial charge in [-0.3, -0.25) is 0 Å². The molecule has 1 aliphatic carbocycles. The van der Waals surface area contributed by atoms with Crippen molar-refractivity contribution < 1.29 is 5.11 Å². The molecule has 2 rings (SSSR count). The lowest BCUT2D eigenvalue weighted by molar-refractivity contribution is 0.379. The van der Waals surface area contributed by atoms with Crippen molar-refractivity contribution >= 4 is 0 Å². The van der Waals surface area contributed by atoms with Gasteiger partial charge in [-0.15, -0.1) is 0 Å². The monoisotopic (exact) mass is 248 g/mol. The molecule has 1 aliphatic rings. The average molecular weight is 248 g/mol. The van der Waals surface area contributed by atoms with Gasteiger partial charge in [0.2, 0.25) is 0 Å². The standard InChI is InChI=1S/C15H24N2O/c1-10-5-6-13(15(7-8-15)11(2)16)14(18)12(10)9-17(3)4/h5-6,11,18H,7-9,16H2,1-4H3. The van der Waals surface area contributed by atoms with Gasteiger partial charge in [-0.05, 0) is 46.3 Å². The van der Waals surface area contributed by atoms with E-state index in [0.717, 1.165) is 36.1 Å². The van der Waals surface area contributed by atoms with Crippen LogP contribution in [0.2, 0.25) is 0 Å². The Bertz CT molecular complexity index is 448. The summed E-state index contributed by atoms with van der Waals surface area (Å²) in [6.07, 6.45) is 2.17. The van der Waals surface area contributed by atoms with Crippen molar-refractivity contribution in [2.24, 2.45) is 5.73 Å². The summed E-state index contributed by atoms with van der Waals surface area (Å²) in [6.45, 7) is 4.85. The highest BCUT2D eigenvalue weighted by Gasteiger charge is 2.49. The average Bonchev–Trinajstić information content (AvgIpc) is 3.05. The first-order valence-electron chi connectivity index (χ1n) is 6.60. The minimum absolute atomic E-state index is 0.0127. The van der Waals surface area contributed by atoms with Crippen LogP contribution < -0.4 is 5.73 Å². The SMILES string of the molecule is Cc1ccc(C2(C(C)N)CC2)c(O)c1CN(C)C. The molecule has 3 heteroatoms. The Morgan fingerprint density at radius 1 is 1.39 bits per heavy atom. The molecule has 0 spiro atoms. The molecule has 0 heterocycles. The number of hydrogen-bond acceptors (Lipinski definition) is 3. The summed E-state index contributed by atoms with van der Waals surface area (Å²) in [5.74, 6) is 0.457. The highest BCUT2D eigenvalue weighted by molar-refractivity contribution is 5.51. The molecule has 1 atom stereocenters. The number of phenolic OH excluding ortho intramolecular Hbond substituents is 1. The van der Waals surface area contributed by atoms with Crippen molar-refractivity contribution in [1.82, 2.24) is 4.90 Å². The number of rotatable bonds is 4. The van der Waals surface area contributed by atoms with Crippen molar-refractivity contribution in [2.45, 2.75) is 44.7 Å². The Morgan fingerprint density at radius 2 is 2.00 bits per heavy atom. The molecule has 3 N–H and O–H groups in total. The predicted molar refractivity (Wildman–Crippen MR) is 74.8 cm³/mol. The third kappa shape index (κ3) is 2.13. The van der Waals surface area contributed by atoms with E-state index >= 15 is 0 Å². The zero-order valence-electron chi connectivity index (χ0n) is 11.8. The third-order valence-electron chi connectivity index (χ3n) is 4.19. The number of hydrogen-bond donors (Lipinski definition) is 2. The summed E-state index contributed by atoms with van der Waals surface area (Å²) in [5.41, 5.74) is 9.33. The van der Waals surface area contributed by atoms with E-state index in [2.05, 4.69) is 17.0 Å². The van der Waals surface area contributed by atoms with Gasteiger partial charge < -0.3 is 15.7 Å². The molecule has 0 saturated heterocycles. The van der Waals surface area contributed by atoms with E-state index in [1.54, 1.807) is 0 Å². The van der Waals surface area contributed by atoms with Crippen molar-refractivity contribution in [2.75, 3.05) is 14.1 Å². The van der Waals surface area contributed by atoms with Gasteiger partial charge in [0.25, 0.3) is 0 Å².